The fraction of sp³-hybridized carbons (Fsp3) is 0.100. The summed E-state index contributed by atoms with van der Waals surface area (Å²) in [6.45, 7) is 5.50. The molecule has 2 rings (SSSR count). The number of allylic oxidation sites excluding steroid dienone is 3. The zero-order valence-corrected chi connectivity index (χ0v) is 14.4. The third-order valence-electron chi connectivity index (χ3n) is 3.65. The Morgan fingerprint density at radius 1 is 1.20 bits per heavy atom. The Morgan fingerprint density at radius 3 is 2.36 bits per heavy atom. The number of thiophene rings is 1. The van der Waals surface area contributed by atoms with Crippen LogP contribution in [0.15, 0.2) is 48.6 Å². The van der Waals surface area contributed by atoms with Gasteiger partial charge in [0.15, 0.2) is 0 Å². The molecular weight excluding hydrogens is 328 g/mol. The lowest BCUT2D eigenvalue weighted by molar-refractivity contribution is 1.18. The molecule has 0 aliphatic heterocycles. The number of rotatable bonds is 5. The molecule has 0 aliphatic rings. The monoisotopic (exact) mass is 342 g/mol. The normalized spacial score (nSPS) is 10.4. The SMILES string of the molecule is C=C/C=C(/C#N)C(=N)c1ccc(-c2c(C#N)sc(CC)c2C#N)cc1. The van der Waals surface area contributed by atoms with Gasteiger partial charge in [-0.3, -0.25) is 5.41 Å². The lowest BCUT2D eigenvalue weighted by atomic mass is 9.96. The van der Waals surface area contributed by atoms with Gasteiger partial charge in [0.1, 0.15) is 23.1 Å². The maximum Gasteiger partial charge on any atom is 0.114 e. The first-order valence-corrected chi connectivity index (χ1v) is 8.31. The largest absolute Gasteiger partial charge is 0.299 e. The summed E-state index contributed by atoms with van der Waals surface area (Å²) in [5, 5.41) is 36.1. The zero-order valence-electron chi connectivity index (χ0n) is 13.6. The van der Waals surface area contributed by atoms with Crippen molar-refractivity contribution >= 4 is 17.0 Å². The van der Waals surface area contributed by atoms with Crippen LogP contribution in [0.4, 0.5) is 0 Å². The molecule has 0 fully saturated rings. The van der Waals surface area contributed by atoms with Crippen molar-refractivity contribution in [2.45, 2.75) is 13.3 Å². The van der Waals surface area contributed by atoms with E-state index in [2.05, 4.69) is 18.7 Å². The van der Waals surface area contributed by atoms with Crippen molar-refractivity contribution in [3.05, 3.63) is 69.5 Å². The number of nitrogens with zero attached hydrogens (tertiary/aromatic N) is 3. The molecular formula is C20H14N4S. The van der Waals surface area contributed by atoms with Gasteiger partial charge in [-0.25, -0.2) is 0 Å². The van der Waals surface area contributed by atoms with Crippen LogP contribution in [0.25, 0.3) is 11.1 Å². The van der Waals surface area contributed by atoms with E-state index in [1.165, 1.54) is 23.5 Å². The molecule has 120 valence electrons. The van der Waals surface area contributed by atoms with Crippen molar-refractivity contribution in [1.29, 1.82) is 21.2 Å². The Morgan fingerprint density at radius 2 is 1.88 bits per heavy atom. The molecule has 2 aromatic rings. The van der Waals surface area contributed by atoms with Crippen molar-refractivity contribution in [1.82, 2.24) is 0 Å². The van der Waals surface area contributed by atoms with E-state index < -0.39 is 0 Å². The van der Waals surface area contributed by atoms with Gasteiger partial charge >= 0.3 is 0 Å². The average molecular weight is 342 g/mol. The molecule has 0 bridgehead atoms. The second-order valence-electron chi connectivity index (χ2n) is 5.06. The highest BCUT2D eigenvalue weighted by Crippen LogP contribution is 2.36. The minimum absolute atomic E-state index is 0.106. The molecule has 1 N–H and O–H groups in total. The molecule has 0 atom stereocenters. The smallest absolute Gasteiger partial charge is 0.114 e. The fourth-order valence-electron chi connectivity index (χ4n) is 2.45. The highest BCUT2D eigenvalue weighted by molar-refractivity contribution is 7.13. The fourth-order valence-corrected chi connectivity index (χ4v) is 3.46. The second kappa shape index (κ2) is 7.88. The number of nitrogens with one attached hydrogen (secondary N) is 1. The maximum atomic E-state index is 9.47. The van der Waals surface area contributed by atoms with Crippen LogP contribution in [0.1, 0.15) is 27.8 Å². The highest BCUT2D eigenvalue weighted by Gasteiger charge is 2.19. The summed E-state index contributed by atoms with van der Waals surface area (Å²) in [6, 6.07) is 13.3. The number of nitriles is 3. The van der Waals surface area contributed by atoms with Crippen molar-refractivity contribution in [3.8, 4) is 29.3 Å². The predicted molar refractivity (Wildman–Crippen MR) is 99.3 cm³/mol. The van der Waals surface area contributed by atoms with Crippen LogP contribution in [0.5, 0.6) is 0 Å². The summed E-state index contributed by atoms with van der Waals surface area (Å²) in [5.41, 5.74) is 2.85. The standard InChI is InChI=1S/C20H14N4S/c1-3-5-15(10-21)20(24)14-8-6-13(7-9-14)19-16(11-22)17(4-2)25-18(19)12-23/h3,5-9,24H,1,4H2,2H3/b15-5-,24-20?. The summed E-state index contributed by atoms with van der Waals surface area (Å²) in [7, 11) is 0. The van der Waals surface area contributed by atoms with Crippen LogP contribution >= 0.6 is 11.3 Å². The number of aryl methyl sites for hydroxylation is 1. The summed E-state index contributed by atoms with van der Waals surface area (Å²) in [5.74, 6) is 0. The summed E-state index contributed by atoms with van der Waals surface area (Å²) in [6.07, 6.45) is 3.66. The van der Waals surface area contributed by atoms with Gasteiger partial charge in [-0.05, 0) is 18.1 Å². The average Bonchev–Trinajstić information content (AvgIpc) is 3.03. The Balaban J connectivity index is 2.51. The molecule has 4 nitrogen and oxygen atoms in total. The molecule has 0 amide bonds. The van der Waals surface area contributed by atoms with Gasteiger partial charge in [0.2, 0.25) is 0 Å². The minimum Gasteiger partial charge on any atom is -0.299 e. The number of hydrogen-bond acceptors (Lipinski definition) is 5. The lowest BCUT2D eigenvalue weighted by Gasteiger charge is -2.05. The first kappa shape index (κ1) is 17.9. The topological polar surface area (TPSA) is 95.2 Å². The van der Waals surface area contributed by atoms with E-state index in [0.29, 0.717) is 28.0 Å². The summed E-state index contributed by atoms with van der Waals surface area (Å²) in [4.78, 5) is 1.41. The van der Waals surface area contributed by atoms with Gasteiger partial charge in [-0.15, -0.1) is 11.3 Å². The molecule has 1 heterocycles. The molecule has 0 saturated carbocycles. The van der Waals surface area contributed by atoms with Gasteiger partial charge in [0.25, 0.3) is 0 Å². The van der Waals surface area contributed by atoms with Gasteiger partial charge in [-0.2, -0.15) is 15.8 Å². The second-order valence-corrected chi connectivity index (χ2v) is 6.17. The lowest BCUT2D eigenvalue weighted by Crippen LogP contribution is -2.01. The van der Waals surface area contributed by atoms with Gasteiger partial charge in [0, 0.05) is 16.0 Å². The van der Waals surface area contributed by atoms with Crippen LogP contribution in [-0.4, -0.2) is 5.71 Å². The molecule has 1 aromatic carbocycles. The van der Waals surface area contributed by atoms with Crippen molar-refractivity contribution in [2.24, 2.45) is 0 Å². The molecule has 1 aromatic heterocycles. The maximum absolute atomic E-state index is 9.47. The van der Waals surface area contributed by atoms with E-state index in [0.717, 1.165) is 10.4 Å². The number of benzene rings is 1. The first-order chi connectivity index (χ1) is 12.1. The molecule has 0 unspecified atom stereocenters. The molecule has 25 heavy (non-hydrogen) atoms. The zero-order chi connectivity index (χ0) is 18.4. The van der Waals surface area contributed by atoms with E-state index >= 15 is 0 Å². The van der Waals surface area contributed by atoms with Gasteiger partial charge in [-0.1, -0.05) is 43.8 Å². The van der Waals surface area contributed by atoms with E-state index in [4.69, 9.17) is 10.7 Å². The summed E-state index contributed by atoms with van der Waals surface area (Å²) < 4.78 is 0. The Bertz CT molecular complexity index is 987. The van der Waals surface area contributed by atoms with E-state index in [-0.39, 0.29) is 11.3 Å². The quantitative estimate of drug-likeness (QED) is 0.483. The van der Waals surface area contributed by atoms with Crippen LogP contribution in [-0.2, 0) is 6.42 Å². The summed E-state index contributed by atoms with van der Waals surface area (Å²) >= 11 is 1.34. The third-order valence-corrected chi connectivity index (χ3v) is 4.89. The van der Waals surface area contributed by atoms with Gasteiger partial charge < -0.3 is 0 Å². The Hall–Kier alpha value is -3.46. The van der Waals surface area contributed by atoms with Crippen molar-refractivity contribution in [3.63, 3.8) is 0 Å². The van der Waals surface area contributed by atoms with E-state index in [1.54, 1.807) is 24.3 Å². The van der Waals surface area contributed by atoms with Crippen molar-refractivity contribution < 1.29 is 0 Å². The Kier molecular flexibility index (Phi) is 5.64. The molecule has 5 heteroatoms. The van der Waals surface area contributed by atoms with E-state index in [1.807, 2.05) is 13.0 Å². The van der Waals surface area contributed by atoms with Crippen LogP contribution in [0, 0.1) is 39.4 Å². The predicted octanol–water partition coefficient (Wildman–Crippen LogP) is 4.72. The number of hydrogen-bond donors (Lipinski definition) is 1. The van der Waals surface area contributed by atoms with Crippen LogP contribution in [0.2, 0.25) is 0 Å². The van der Waals surface area contributed by atoms with Crippen LogP contribution in [0.3, 0.4) is 0 Å². The minimum atomic E-state index is 0.106. The molecule has 0 radical (unpaired) electrons. The molecule has 0 aliphatic carbocycles. The third kappa shape index (κ3) is 3.40. The molecule has 0 saturated heterocycles. The Labute approximate surface area is 150 Å². The van der Waals surface area contributed by atoms with Crippen molar-refractivity contribution in [2.75, 3.05) is 0 Å². The van der Waals surface area contributed by atoms with E-state index in [9.17, 15) is 10.5 Å². The first-order valence-electron chi connectivity index (χ1n) is 7.49. The molecule has 0 spiro atoms. The highest BCUT2D eigenvalue weighted by atomic mass is 32.1. The van der Waals surface area contributed by atoms with Gasteiger partial charge in [0.05, 0.1) is 16.8 Å². The van der Waals surface area contributed by atoms with Crippen LogP contribution < -0.4 is 0 Å².